The van der Waals surface area contributed by atoms with Crippen LogP contribution in [-0.4, -0.2) is 54.8 Å². The van der Waals surface area contributed by atoms with Crippen molar-refractivity contribution in [2.24, 2.45) is 0 Å². The highest BCUT2D eigenvalue weighted by molar-refractivity contribution is 5.75. The Hall–Kier alpha value is -2.18. The van der Waals surface area contributed by atoms with Gasteiger partial charge in [0.1, 0.15) is 36.3 Å². The first-order valence-corrected chi connectivity index (χ1v) is 7.81. The van der Waals surface area contributed by atoms with Gasteiger partial charge in [-0.05, 0) is 12.5 Å². The minimum absolute atomic E-state index is 0.267. The zero-order valence-electron chi connectivity index (χ0n) is 13.3. The Morgan fingerprint density at radius 2 is 2.17 bits per heavy atom. The Morgan fingerprint density at radius 1 is 1.38 bits per heavy atom. The topological polar surface area (TPSA) is 126 Å². The number of hydrogen-bond donors (Lipinski definition) is 4. The monoisotopic (exact) mass is 332 g/mol. The largest absolute Gasteiger partial charge is 0.394 e. The number of unbranched alkanes of at least 4 members (excludes halogenated alkanes) is 1. The molecule has 3 rings (SSSR count). The third-order valence-corrected chi connectivity index (χ3v) is 4.04. The molecule has 0 bridgehead atoms. The fourth-order valence-corrected chi connectivity index (χ4v) is 2.82. The molecule has 1 fully saturated rings. The molecule has 0 aromatic carbocycles. The summed E-state index contributed by atoms with van der Waals surface area (Å²) in [6, 6.07) is 1.73. The molecule has 8 heteroatoms. The van der Waals surface area contributed by atoms with Gasteiger partial charge in [0.05, 0.1) is 17.9 Å². The van der Waals surface area contributed by atoms with Crippen LogP contribution in [0.4, 0.5) is 5.82 Å². The number of rotatable bonds is 3. The molecule has 1 aliphatic heterocycles. The van der Waals surface area contributed by atoms with Gasteiger partial charge in [-0.2, -0.15) is 5.10 Å². The van der Waals surface area contributed by atoms with E-state index in [-0.39, 0.29) is 5.82 Å². The smallest absolute Gasteiger partial charge is 0.152 e. The van der Waals surface area contributed by atoms with Crippen molar-refractivity contribution in [2.45, 2.75) is 44.2 Å². The summed E-state index contributed by atoms with van der Waals surface area (Å²) >= 11 is 0. The van der Waals surface area contributed by atoms with Crippen molar-refractivity contribution in [1.82, 2.24) is 14.6 Å². The van der Waals surface area contributed by atoms with E-state index in [0.29, 0.717) is 16.8 Å². The Morgan fingerprint density at radius 3 is 2.83 bits per heavy atom. The molecule has 1 saturated heterocycles. The van der Waals surface area contributed by atoms with E-state index in [4.69, 9.17) is 10.5 Å². The molecule has 5 N–H and O–H groups in total. The molecule has 0 radical (unpaired) electrons. The Labute approximate surface area is 138 Å². The first-order valence-electron chi connectivity index (χ1n) is 7.81. The van der Waals surface area contributed by atoms with Crippen LogP contribution in [0.25, 0.3) is 5.52 Å². The van der Waals surface area contributed by atoms with E-state index in [2.05, 4.69) is 21.9 Å². The van der Waals surface area contributed by atoms with E-state index in [1.165, 1.54) is 10.8 Å². The van der Waals surface area contributed by atoms with Crippen molar-refractivity contribution in [3.8, 4) is 11.8 Å². The van der Waals surface area contributed by atoms with Gasteiger partial charge in [0.25, 0.3) is 0 Å². The first kappa shape index (κ1) is 16.7. The van der Waals surface area contributed by atoms with E-state index in [1.807, 2.05) is 6.92 Å². The van der Waals surface area contributed by atoms with Gasteiger partial charge < -0.3 is 25.8 Å². The third-order valence-electron chi connectivity index (χ3n) is 4.04. The van der Waals surface area contributed by atoms with E-state index in [9.17, 15) is 15.3 Å². The summed E-state index contributed by atoms with van der Waals surface area (Å²) in [6.45, 7) is 1.65. The summed E-state index contributed by atoms with van der Waals surface area (Å²) in [5.41, 5.74) is 7.63. The molecular formula is C16H20N4O4. The lowest BCUT2D eigenvalue weighted by Gasteiger charge is -2.14. The summed E-state index contributed by atoms with van der Waals surface area (Å²) in [5.74, 6) is 6.36. The van der Waals surface area contributed by atoms with Gasteiger partial charge in [-0.3, -0.25) is 0 Å². The van der Waals surface area contributed by atoms with Gasteiger partial charge >= 0.3 is 0 Å². The molecule has 2 aromatic heterocycles. The van der Waals surface area contributed by atoms with Crippen molar-refractivity contribution in [1.29, 1.82) is 0 Å². The summed E-state index contributed by atoms with van der Waals surface area (Å²) in [5, 5.41) is 33.6. The fraction of sp³-hybridized carbons (Fsp3) is 0.500. The van der Waals surface area contributed by atoms with E-state index >= 15 is 0 Å². The van der Waals surface area contributed by atoms with Crippen LogP contribution in [0.3, 0.4) is 0 Å². The van der Waals surface area contributed by atoms with Crippen LogP contribution in [0.1, 0.15) is 37.1 Å². The predicted octanol–water partition coefficient (Wildman–Crippen LogP) is -0.383. The normalized spacial score (nSPS) is 26.5. The zero-order valence-corrected chi connectivity index (χ0v) is 13.3. The molecule has 0 unspecified atom stereocenters. The fourth-order valence-electron chi connectivity index (χ4n) is 2.82. The lowest BCUT2D eigenvalue weighted by atomic mass is 10.1. The van der Waals surface area contributed by atoms with Crippen LogP contribution in [0.2, 0.25) is 0 Å². The number of aliphatic hydroxyl groups excluding tert-OH is 3. The van der Waals surface area contributed by atoms with Crippen molar-refractivity contribution in [2.75, 3.05) is 12.3 Å². The lowest BCUT2D eigenvalue weighted by molar-refractivity contribution is -0.0244. The second-order valence-electron chi connectivity index (χ2n) is 5.70. The van der Waals surface area contributed by atoms with Gasteiger partial charge in [-0.15, -0.1) is 0 Å². The number of nitrogens with two attached hydrogens (primary N) is 1. The lowest BCUT2D eigenvalue weighted by Crippen LogP contribution is -2.32. The Kier molecular flexibility index (Phi) is 4.69. The van der Waals surface area contributed by atoms with Crippen LogP contribution in [0.15, 0.2) is 12.4 Å². The molecular weight excluding hydrogens is 312 g/mol. The summed E-state index contributed by atoms with van der Waals surface area (Å²) < 4.78 is 7.10. The van der Waals surface area contributed by atoms with Crippen LogP contribution in [-0.2, 0) is 4.74 Å². The first-order chi connectivity index (χ1) is 11.6. The standard InChI is InChI=1S/C16H20N4O4/c1-2-3-4-5-9-6-10(20-12(9)16(17)18-8-19-20)15-14(23)13(22)11(7-21)24-15/h6,8,11,13-15,21-23H,2-3,7H2,1H3,(H2,17,18,19)/t11-,13-,14-,15+/m1/s1. The molecule has 24 heavy (non-hydrogen) atoms. The molecule has 2 aromatic rings. The minimum Gasteiger partial charge on any atom is -0.394 e. The molecule has 1 aliphatic rings. The number of aromatic nitrogens is 3. The summed E-state index contributed by atoms with van der Waals surface area (Å²) in [7, 11) is 0. The van der Waals surface area contributed by atoms with Crippen molar-refractivity contribution < 1.29 is 20.1 Å². The highest BCUT2D eigenvalue weighted by Crippen LogP contribution is 2.35. The Balaban J connectivity index is 2.10. The second-order valence-corrected chi connectivity index (χ2v) is 5.70. The van der Waals surface area contributed by atoms with Gasteiger partial charge in [0.15, 0.2) is 5.82 Å². The van der Waals surface area contributed by atoms with Crippen LogP contribution in [0, 0.1) is 11.8 Å². The molecule has 0 aliphatic carbocycles. The maximum atomic E-state index is 10.3. The predicted molar refractivity (Wildman–Crippen MR) is 85.9 cm³/mol. The summed E-state index contributed by atoms with van der Waals surface area (Å²) in [4.78, 5) is 3.99. The van der Waals surface area contributed by atoms with Gasteiger partial charge in [0, 0.05) is 6.42 Å². The van der Waals surface area contributed by atoms with E-state index < -0.39 is 31.0 Å². The van der Waals surface area contributed by atoms with Gasteiger partial charge in [-0.1, -0.05) is 18.8 Å². The zero-order chi connectivity index (χ0) is 17.3. The third kappa shape index (κ3) is 2.72. The van der Waals surface area contributed by atoms with E-state index in [0.717, 1.165) is 12.8 Å². The number of hydrogen-bond acceptors (Lipinski definition) is 7. The van der Waals surface area contributed by atoms with Gasteiger partial charge in [0.2, 0.25) is 0 Å². The Bertz CT molecular complexity index is 794. The van der Waals surface area contributed by atoms with Crippen LogP contribution in [0.5, 0.6) is 0 Å². The number of nitrogens with zero attached hydrogens (tertiary/aromatic N) is 3. The highest BCUT2D eigenvalue weighted by Gasteiger charge is 2.44. The molecule has 8 nitrogen and oxygen atoms in total. The quantitative estimate of drug-likeness (QED) is 0.564. The number of ether oxygens (including phenoxy) is 1. The second kappa shape index (κ2) is 6.75. The average Bonchev–Trinajstić information content (AvgIpc) is 3.08. The molecule has 3 heterocycles. The van der Waals surface area contributed by atoms with Crippen LogP contribution >= 0.6 is 0 Å². The minimum atomic E-state index is -1.19. The number of aliphatic hydroxyl groups is 3. The van der Waals surface area contributed by atoms with E-state index in [1.54, 1.807) is 6.07 Å². The maximum Gasteiger partial charge on any atom is 0.152 e. The van der Waals surface area contributed by atoms with Crippen molar-refractivity contribution in [3.63, 3.8) is 0 Å². The number of anilines is 1. The maximum absolute atomic E-state index is 10.3. The summed E-state index contributed by atoms with van der Waals surface area (Å²) in [6.07, 6.45) is -1.09. The SMILES string of the molecule is CCCC#Cc1cc([C@@H]2O[C@H](CO)[C@@H](O)[C@H]2O)n2ncnc(N)c12. The number of nitrogen functional groups attached to an aromatic ring is 1. The molecule has 4 atom stereocenters. The van der Waals surface area contributed by atoms with Crippen LogP contribution < -0.4 is 5.73 Å². The molecule has 0 amide bonds. The highest BCUT2D eigenvalue weighted by atomic mass is 16.6. The molecule has 0 saturated carbocycles. The van der Waals surface area contributed by atoms with Gasteiger partial charge in [-0.25, -0.2) is 9.50 Å². The molecule has 128 valence electrons. The van der Waals surface area contributed by atoms with Crippen molar-refractivity contribution in [3.05, 3.63) is 23.7 Å². The molecule has 0 spiro atoms. The number of fused-ring (bicyclic) bond motifs is 1. The van der Waals surface area contributed by atoms with Crippen molar-refractivity contribution >= 4 is 11.3 Å². The average molecular weight is 332 g/mol.